The zero-order valence-electron chi connectivity index (χ0n) is 18.4. The van der Waals surface area contributed by atoms with E-state index in [1.807, 2.05) is 12.1 Å². The molecular weight excluding hydrogens is 431 g/mol. The molecule has 2 fully saturated rings. The number of hydrogen-bond donors (Lipinski definition) is 1. The van der Waals surface area contributed by atoms with Crippen LogP contribution in [0.3, 0.4) is 0 Å². The van der Waals surface area contributed by atoms with Gasteiger partial charge in [-0.3, -0.25) is 4.90 Å². The van der Waals surface area contributed by atoms with Gasteiger partial charge in [0.2, 0.25) is 10.0 Å². The lowest BCUT2D eigenvalue weighted by molar-refractivity contribution is 0.122. The van der Waals surface area contributed by atoms with Crippen molar-refractivity contribution in [3.8, 4) is 0 Å². The maximum absolute atomic E-state index is 13.1. The highest BCUT2D eigenvalue weighted by Gasteiger charge is 2.28. The lowest BCUT2D eigenvalue weighted by Crippen LogP contribution is -2.42. The van der Waals surface area contributed by atoms with Gasteiger partial charge in [0.15, 0.2) is 0 Å². The number of halogens is 1. The van der Waals surface area contributed by atoms with Gasteiger partial charge in [0, 0.05) is 37.9 Å². The average molecular weight is 463 g/mol. The molecule has 1 aliphatic carbocycles. The Morgan fingerprint density at radius 3 is 2.41 bits per heavy atom. The molecule has 174 valence electrons. The van der Waals surface area contributed by atoms with Crippen LogP contribution in [0.25, 0.3) is 0 Å². The third kappa shape index (κ3) is 5.83. The Morgan fingerprint density at radius 1 is 1.09 bits per heavy atom. The summed E-state index contributed by atoms with van der Waals surface area (Å²) in [6.07, 6.45) is 4.85. The topological polar surface area (TPSA) is 74.8 Å². The Bertz CT molecular complexity index is 971. The smallest absolute Gasteiger partial charge is 0.242 e. The van der Waals surface area contributed by atoms with Gasteiger partial charge < -0.3 is 9.64 Å². The number of nitrogens with one attached hydrogen (secondary N) is 1. The van der Waals surface area contributed by atoms with Gasteiger partial charge in [-0.15, -0.1) is 0 Å². The second kappa shape index (κ2) is 10.2. The number of sulfonamides is 1. The molecule has 1 aromatic carbocycles. The molecule has 4 rings (SSSR count). The van der Waals surface area contributed by atoms with Crippen LogP contribution in [0.5, 0.6) is 0 Å². The molecule has 1 aliphatic heterocycles. The van der Waals surface area contributed by atoms with E-state index in [4.69, 9.17) is 4.74 Å². The van der Waals surface area contributed by atoms with Crippen molar-refractivity contribution >= 4 is 15.8 Å². The number of rotatable bonds is 7. The van der Waals surface area contributed by atoms with Crippen LogP contribution in [-0.2, 0) is 21.3 Å². The predicted octanol–water partition coefficient (Wildman–Crippen LogP) is 2.78. The fourth-order valence-corrected chi connectivity index (χ4v) is 5.69. The summed E-state index contributed by atoms with van der Waals surface area (Å²) in [6, 6.07) is 10.3. The SMILES string of the molecule is CN(Cc1ccc(F)cc1)C1CCC(NS(=O)(=O)c2ccc(N3CCOCC3)nc2)CC1. The lowest BCUT2D eigenvalue weighted by atomic mass is 9.91. The van der Waals surface area contributed by atoms with E-state index in [0.717, 1.165) is 56.7 Å². The highest BCUT2D eigenvalue weighted by Crippen LogP contribution is 2.25. The number of hydrogen-bond acceptors (Lipinski definition) is 6. The standard InChI is InChI=1S/C23H31FN4O3S/c1-27(17-18-2-4-19(24)5-3-18)21-8-6-20(7-9-21)26-32(29,30)22-10-11-23(25-16-22)28-12-14-31-15-13-28/h2-5,10-11,16,20-21,26H,6-9,12-15,17H2,1H3. The first-order valence-electron chi connectivity index (χ1n) is 11.2. The van der Waals surface area contributed by atoms with Crippen molar-refractivity contribution in [1.29, 1.82) is 0 Å². The third-order valence-corrected chi connectivity index (χ3v) is 7.86. The molecule has 7 nitrogen and oxygen atoms in total. The molecule has 0 radical (unpaired) electrons. The van der Waals surface area contributed by atoms with Crippen molar-refractivity contribution in [1.82, 2.24) is 14.6 Å². The highest BCUT2D eigenvalue weighted by molar-refractivity contribution is 7.89. The quantitative estimate of drug-likeness (QED) is 0.682. The molecule has 0 unspecified atom stereocenters. The Hall–Kier alpha value is -2.07. The number of morpholine rings is 1. The van der Waals surface area contributed by atoms with E-state index in [0.29, 0.717) is 19.3 Å². The highest BCUT2D eigenvalue weighted by atomic mass is 32.2. The molecule has 0 bridgehead atoms. The number of benzene rings is 1. The molecule has 0 spiro atoms. The number of ether oxygens (including phenoxy) is 1. The van der Waals surface area contributed by atoms with Crippen LogP contribution in [0.4, 0.5) is 10.2 Å². The molecular formula is C23H31FN4O3S. The summed E-state index contributed by atoms with van der Waals surface area (Å²) in [5.74, 6) is 0.548. The molecule has 2 heterocycles. The maximum Gasteiger partial charge on any atom is 0.242 e. The van der Waals surface area contributed by atoms with Crippen LogP contribution in [0.15, 0.2) is 47.5 Å². The summed E-state index contributed by atoms with van der Waals surface area (Å²) in [5.41, 5.74) is 1.07. The monoisotopic (exact) mass is 462 g/mol. The summed E-state index contributed by atoms with van der Waals surface area (Å²) < 4.78 is 47.0. The number of pyridine rings is 1. The van der Waals surface area contributed by atoms with E-state index in [1.165, 1.54) is 18.3 Å². The fourth-order valence-electron chi connectivity index (χ4n) is 4.44. The number of nitrogens with zero attached hydrogens (tertiary/aromatic N) is 3. The first-order valence-corrected chi connectivity index (χ1v) is 12.6. The van der Waals surface area contributed by atoms with Gasteiger partial charge in [0.05, 0.1) is 13.2 Å². The number of anilines is 1. The molecule has 2 aromatic rings. The second-order valence-corrected chi connectivity index (χ2v) is 10.3. The molecule has 1 saturated carbocycles. The Kier molecular flexibility index (Phi) is 7.40. The lowest BCUT2D eigenvalue weighted by Gasteiger charge is -2.35. The van der Waals surface area contributed by atoms with E-state index in [-0.39, 0.29) is 16.8 Å². The molecule has 1 aromatic heterocycles. The van der Waals surface area contributed by atoms with Crippen molar-refractivity contribution in [3.63, 3.8) is 0 Å². The van der Waals surface area contributed by atoms with Crippen LogP contribution in [0.2, 0.25) is 0 Å². The van der Waals surface area contributed by atoms with Crippen LogP contribution in [0, 0.1) is 5.82 Å². The predicted molar refractivity (Wildman–Crippen MR) is 122 cm³/mol. The van der Waals surface area contributed by atoms with Gasteiger partial charge in [-0.25, -0.2) is 22.5 Å². The second-order valence-electron chi connectivity index (χ2n) is 8.62. The molecule has 0 atom stereocenters. The summed E-state index contributed by atoms with van der Waals surface area (Å²) in [4.78, 5) is 8.93. The Labute approximate surface area is 189 Å². The summed E-state index contributed by atoms with van der Waals surface area (Å²) >= 11 is 0. The van der Waals surface area contributed by atoms with E-state index in [1.54, 1.807) is 12.1 Å². The van der Waals surface area contributed by atoms with Crippen molar-refractivity contribution in [2.45, 2.75) is 49.2 Å². The van der Waals surface area contributed by atoms with Crippen LogP contribution in [0.1, 0.15) is 31.2 Å². The van der Waals surface area contributed by atoms with Crippen LogP contribution >= 0.6 is 0 Å². The van der Waals surface area contributed by atoms with Crippen LogP contribution in [-0.4, -0.2) is 63.7 Å². The molecule has 0 amide bonds. The third-order valence-electron chi connectivity index (χ3n) is 6.35. The largest absolute Gasteiger partial charge is 0.378 e. The van der Waals surface area contributed by atoms with Crippen LogP contribution < -0.4 is 9.62 Å². The molecule has 2 aliphatic rings. The average Bonchev–Trinajstić information content (AvgIpc) is 2.81. The minimum absolute atomic E-state index is 0.0746. The van der Waals surface area contributed by atoms with E-state index in [2.05, 4.69) is 26.6 Å². The fraction of sp³-hybridized carbons (Fsp3) is 0.522. The molecule has 1 saturated heterocycles. The molecule has 9 heteroatoms. The normalized spacial score (nSPS) is 22.3. The van der Waals surface area contributed by atoms with E-state index >= 15 is 0 Å². The molecule has 32 heavy (non-hydrogen) atoms. The van der Waals surface area contributed by atoms with Crippen molar-refractivity contribution < 1.29 is 17.5 Å². The summed E-state index contributed by atoms with van der Waals surface area (Å²) in [6.45, 7) is 3.59. The van der Waals surface area contributed by atoms with Gasteiger partial charge in [-0.05, 0) is 62.6 Å². The van der Waals surface area contributed by atoms with Crippen molar-refractivity contribution in [2.24, 2.45) is 0 Å². The minimum Gasteiger partial charge on any atom is -0.378 e. The van der Waals surface area contributed by atoms with Gasteiger partial charge in [-0.2, -0.15) is 0 Å². The van der Waals surface area contributed by atoms with Crippen molar-refractivity contribution in [3.05, 3.63) is 54.0 Å². The first kappa shape index (κ1) is 23.1. The number of aromatic nitrogens is 1. The summed E-state index contributed by atoms with van der Waals surface area (Å²) in [5, 5.41) is 0. The van der Waals surface area contributed by atoms with E-state index in [9.17, 15) is 12.8 Å². The van der Waals surface area contributed by atoms with E-state index < -0.39 is 10.0 Å². The summed E-state index contributed by atoms with van der Waals surface area (Å²) in [7, 11) is -1.53. The van der Waals surface area contributed by atoms with Gasteiger partial charge in [-0.1, -0.05) is 12.1 Å². The van der Waals surface area contributed by atoms with Gasteiger partial charge in [0.25, 0.3) is 0 Å². The first-order chi connectivity index (χ1) is 15.4. The Balaban J connectivity index is 1.28. The van der Waals surface area contributed by atoms with Gasteiger partial charge >= 0.3 is 0 Å². The molecule has 1 N–H and O–H groups in total. The van der Waals surface area contributed by atoms with Gasteiger partial charge in [0.1, 0.15) is 16.5 Å². The Morgan fingerprint density at radius 2 is 1.78 bits per heavy atom. The van der Waals surface area contributed by atoms with Crippen molar-refractivity contribution in [2.75, 3.05) is 38.3 Å². The zero-order valence-corrected chi connectivity index (χ0v) is 19.2. The minimum atomic E-state index is -3.60. The maximum atomic E-state index is 13.1. The zero-order chi connectivity index (χ0) is 22.6.